The Hall–Kier alpha value is -11.8. The number of esters is 8. The second kappa shape index (κ2) is 62.3. The summed E-state index contributed by atoms with van der Waals surface area (Å²) in [7, 11) is 0. The molecule has 0 aliphatic carbocycles. The summed E-state index contributed by atoms with van der Waals surface area (Å²) >= 11 is 0. The lowest BCUT2D eigenvalue weighted by molar-refractivity contribution is -0.138. The molecule has 0 radical (unpaired) electrons. The molecular weight excluding hydrogens is 1590 g/mol. The van der Waals surface area contributed by atoms with Gasteiger partial charge >= 0.3 is 47.8 Å². The van der Waals surface area contributed by atoms with E-state index in [1.807, 2.05) is 0 Å². The first-order valence-corrected chi connectivity index (χ1v) is 44.8. The van der Waals surface area contributed by atoms with Crippen LogP contribution in [-0.4, -0.2) is 112 Å². The summed E-state index contributed by atoms with van der Waals surface area (Å²) < 4.78 is 68.3. The molecule has 24 heteroatoms. The van der Waals surface area contributed by atoms with E-state index in [1.165, 1.54) is 36.4 Å². The van der Waals surface area contributed by atoms with E-state index in [9.17, 15) is 47.9 Å². The molecule has 676 valence electrons. The molecule has 6 aromatic carbocycles. The van der Waals surface area contributed by atoms with E-state index in [2.05, 4.69) is 26.3 Å². The Morgan fingerprint density at radius 3 is 0.632 bits per heavy atom. The third-order valence-electron chi connectivity index (χ3n) is 20.7. The zero-order valence-corrected chi connectivity index (χ0v) is 73.1. The van der Waals surface area contributed by atoms with E-state index < -0.39 is 59.6 Å². The van der Waals surface area contributed by atoms with Crippen LogP contribution in [0.5, 0.6) is 46.0 Å². The van der Waals surface area contributed by atoms with E-state index in [0.29, 0.717) is 119 Å². The number of primary amides is 2. The van der Waals surface area contributed by atoms with Crippen LogP contribution in [0.1, 0.15) is 311 Å². The average Bonchev–Trinajstić information content (AvgIpc) is 0.804. The van der Waals surface area contributed by atoms with Crippen LogP contribution in [0.2, 0.25) is 0 Å². The third-order valence-corrected chi connectivity index (χ3v) is 20.7. The topological polar surface area (TPSA) is 333 Å². The molecule has 0 fully saturated rings. The van der Waals surface area contributed by atoms with Crippen molar-refractivity contribution in [2.45, 2.75) is 250 Å². The summed E-state index contributed by atoms with van der Waals surface area (Å²) in [5.74, 6) is -4.40. The quantitative estimate of drug-likeness (QED) is 0.0118. The van der Waals surface area contributed by atoms with Crippen molar-refractivity contribution in [1.82, 2.24) is 0 Å². The lowest BCUT2D eigenvalue weighted by Gasteiger charge is -2.17. The number of hydrogen-bond acceptors (Lipinski definition) is 22. The molecule has 0 saturated carbocycles. The number of benzene rings is 6. The number of aryl methyl sites for hydroxylation is 2. The van der Waals surface area contributed by atoms with Crippen LogP contribution < -0.4 is 49.4 Å². The fourth-order valence-electron chi connectivity index (χ4n) is 13.7. The van der Waals surface area contributed by atoms with Crippen LogP contribution in [0.3, 0.4) is 0 Å². The maximum atomic E-state index is 14.1. The Balaban J connectivity index is 1.11. The first kappa shape index (κ1) is 102. The predicted octanol–water partition coefficient (Wildman–Crippen LogP) is 21.4. The first-order valence-electron chi connectivity index (χ1n) is 44.8. The van der Waals surface area contributed by atoms with Crippen molar-refractivity contribution in [2.24, 2.45) is 11.5 Å². The molecule has 0 aromatic heterocycles. The van der Waals surface area contributed by atoms with Gasteiger partial charge in [-0.2, -0.15) is 0 Å². The molecule has 0 spiro atoms. The predicted molar refractivity (Wildman–Crippen MR) is 480 cm³/mol. The number of carbonyl (C=O) groups is 10. The van der Waals surface area contributed by atoms with Gasteiger partial charge in [-0.15, -0.1) is 0 Å². The molecule has 0 atom stereocenters. The fourth-order valence-corrected chi connectivity index (χ4v) is 13.7. The van der Waals surface area contributed by atoms with E-state index in [4.69, 9.17) is 68.3 Å². The van der Waals surface area contributed by atoms with Crippen molar-refractivity contribution >= 4 is 59.6 Å². The Morgan fingerprint density at radius 2 is 0.424 bits per heavy atom. The molecule has 0 heterocycles. The SMILES string of the molecule is C=CC(=O)OCCCCCCCCCCOc1ccc(C(=O)Oc2cc(CCCCCCCc3cc(OC(=O)c4ccc(OCCCCCCCCCCOC(=O)C=C)cc4)cc(C(N)=O)c3OC(=O)c3ccc(OCCCCCCCCCCOC(=O)C=C)cc3)c(OC(=O)c3ccc(OCCCCCCCCCCOC(=O)C=C)cc3)c(C(N)=O)c2)cc1. The standard InChI is InChI=1S/C101H130N2O22/c1-5-90(104)118-68-42-32-21-13-9-17-28-38-64-114-82-56-48-76(49-57-82)98(110)122-86-72-80(94(88(74-86)96(102)108)124-100(112)78-52-60-84(61-53-78)116-66-40-30-19-11-15-23-34-44-70-120-92(106)7-3)46-36-26-25-27-37-47-81-73-87(123-99(111)77-50-58-83(59-51-77)115-65-39-29-18-10-14-22-33-43-69-119-91(105)6-2)75-89(97(103)109)95(81)125-101(113)79-54-62-85(63-55-79)117-67-41-31-20-12-16-24-35-45-71-121-93(107)8-4/h5-8,48-63,72-75H,1-4,9-47,64-71H2,(H2,102,108)(H2,103,109). The minimum Gasteiger partial charge on any atom is -0.494 e. The normalized spacial score (nSPS) is 10.8. The Morgan fingerprint density at radius 1 is 0.232 bits per heavy atom. The number of rotatable bonds is 70. The molecule has 0 aliphatic heterocycles. The summed E-state index contributed by atoms with van der Waals surface area (Å²) in [4.78, 5) is 128. The smallest absolute Gasteiger partial charge is 0.343 e. The molecule has 0 bridgehead atoms. The van der Waals surface area contributed by atoms with E-state index in [-0.39, 0.29) is 69.2 Å². The number of hydrogen-bond donors (Lipinski definition) is 2. The lowest BCUT2D eigenvalue weighted by Crippen LogP contribution is -2.18. The van der Waals surface area contributed by atoms with Gasteiger partial charge in [-0.05, 0) is 210 Å². The highest BCUT2D eigenvalue weighted by atomic mass is 16.6. The van der Waals surface area contributed by atoms with Crippen LogP contribution in [0.4, 0.5) is 0 Å². The summed E-state index contributed by atoms with van der Waals surface area (Å²) in [5.41, 5.74) is 13.3. The van der Waals surface area contributed by atoms with Gasteiger partial charge in [-0.1, -0.05) is 200 Å². The number of unbranched alkanes of at least 4 members (excludes halogenated alkanes) is 32. The van der Waals surface area contributed by atoms with Crippen LogP contribution in [-0.2, 0) is 51.0 Å². The lowest BCUT2D eigenvalue weighted by atomic mass is 9.99. The molecule has 24 nitrogen and oxygen atoms in total. The van der Waals surface area contributed by atoms with Gasteiger partial charge in [0, 0.05) is 24.3 Å². The molecular formula is C101H130N2O22. The number of carbonyl (C=O) groups excluding carboxylic acids is 10. The van der Waals surface area contributed by atoms with Crippen LogP contribution >= 0.6 is 0 Å². The van der Waals surface area contributed by atoms with Crippen molar-refractivity contribution in [3.63, 3.8) is 0 Å². The minimum atomic E-state index is -0.936. The van der Waals surface area contributed by atoms with Gasteiger partial charge in [0.05, 0.1) is 86.2 Å². The molecule has 2 amide bonds. The molecule has 6 rings (SSSR count). The maximum Gasteiger partial charge on any atom is 0.343 e. The van der Waals surface area contributed by atoms with Gasteiger partial charge in [0.2, 0.25) is 0 Å². The number of amides is 2. The number of ether oxygens (including phenoxy) is 12. The van der Waals surface area contributed by atoms with Crippen LogP contribution in [0.15, 0.2) is 172 Å². The van der Waals surface area contributed by atoms with Crippen LogP contribution in [0, 0.1) is 0 Å². The maximum absolute atomic E-state index is 14.1. The van der Waals surface area contributed by atoms with E-state index >= 15 is 0 Å². The monoisotopic (exact) mass is 1720 g/mol. The zero-order valence-electron chi connectivity index (χ0n) is 73.1. The average molecular weight is 1720 g/mol. The van der Waals surface area contributed by atoms with Crippen molar-refractivity contribution in [3.05, 3.63) is 216 Å². The molecule has 125 heavy (non-hydrogen) atoms. The van der Waals surface area contributed by atoms with Gasteiger partial charge in [0.25, 0.3) is 11.8 Å². The highest BCUT2D eigenvalue weighted by Gasteiger charge is 2.26. The zero-order chi connectivity index (χ0) is 89.7. The van der Waals surface area contributed by atoms with E-state index in [0.717, 1.165) is 205 Å². The second-order valence-corrected chi connectivity index (χ2v) is 30.8. The fraction of sp³-hybridized carbons (Fsp3) is 0.465. The van der Waals surface area contributed by atoms with Gasteiger partial charge in [-0.3, -0.25) is 9.59 Å². The summed E-state index contributed by atoms with van der Waals surface area (Å²) in [6, 6.07) is 31.7. The van der Waals surface area contributed by atoms with Gasteiger partial charge in [0.15, 0.2) is 0 Å². The Labute approximate surface area is 737 Å². The second-order valence-electron chi connectivity index (χ2n) is 30.8. The third kappa shape index (κ3) is 42.9. The minimum absolute atomic E-state index is 0.00909. The molecule has 0 saturated heterocycles. The summed E-state index contributed by atoms with van der Waals surface area (Å²) in [6.07, 6.45) is 39.8. The van der Waals surface area contributed by atoms with E-state index in [1.54, 1.807) is 109 Å². The van der Waals surface area contributed by atoms with Crippen molar-refractivity contribution in [2.75, 3.05) is 52.9 Å². The number of nitrogens with two attached hydrogens (primary N) is 2. The first-order chi connectivity index (χ1) is 60.9. The molecule has 4 N–H and O–H groups in total. The molecule has 0 unspecified atom stereocenters. The molecule has 0 aliphatic rings. The van der Waals surface area contributed by atoms with Gasteiger partial charge in [-0.25, -0.2) is 38.4 Å². The van der Waals surface area contributed by atoms with Crippen molar-refractivity contribution in [3.8, 4) is 46.0 Å². The van der Waals surface area contributed by atoms with Gasteiger partial charge in [0.1, 0.15) is 46.0 Å². The van der Waals surface area contributed by atoms with Crippen molar-refractivity contribution in [1.29, 1.82) is 0 Å². The highest BCUT2D eigenvalue weighted by Crippen LogP contribution is 2.36. The summed E-state index contributed by atoms with van der Waals surface area (Å²) in [5, 5.41) is 0. The summed E-state index contributed by atoms with van der Waals surface area (Å²) in [6.45, 7) is 17.2. The van der Waals surface area contributed by atoms with Crippen molar-refractivity contribution < 1.29 is 105 Å². The highest BCUT2D eigenvalue weighted by molar-refractivity contribution is 6.01. The van der Waals surface area contributed by atoms with Gasteiger partial charge < -0.3 is 68.3 Å². The largest absolute Gasteiger partial charge is 0.494 e. The Bertz CT molecular complexity index is 4030. The molecule has 6 aromatic rings. The Kier molecular flexibility index (Phi) is 50.8. The van der Waals surface area contributed by atoms with Crippen LogP contribution in [0.25, 0.3) is 0 Å².